The van der Waals surface area contributed by atoms with Crippen LogP contribution in [0.15, 0.2) is 18.2 Å². The number of rotatable bonds is 3. The zero-order valence-electron chi connectivity index (χ0n) is 10.8. The number of nitrogen functional groups attached to an aromatic ring is 1. The number of hydrogen-bond donors (Lipinski definition) is 2. The lowest BCUT2D eigenvalue weighted by Crippen LogP contribution is -2.12. The minimum Gasteiger partial charge on any atom is -0.382 e. The van der Waals surface area contributed by atoms with Gasteiger partial charge in [-0.2, -0.15) is 0 Å². The quantitative estimate of drug-likeness (QED) is 0.914. The molecule has 0 aliphatic carbocycles. The molecule has 5 nitrogen and oxygen atoms in total. The number of nitrogens with zero attached hydrogens (tertiary/aromatic N) is 2. The predicted octanol–water partition coefficient (Wildman–Crippen LogP) is 2.84. The Kier molecular flexibility index (Phi) is 4.10. The van der Waals surface area contributed by atoms with Crippen LogP contribution in [0.25, 0.3) is 0 Å². The first-order valence-corrected chi connectivity index (χ1v) is 6.78. The molecule has 1 heterocycles. The molecule has 2 rings (SSSR count). The van der Waals surface area contributed by atoms with Crippen LogP contribution in [0.3, 0.4) is 0 Å². The highest BCUT2D eigenvalue weighted by molar-refractivity contribution is 7.18. The van der Waals surface area contributed by atoms with Crippen molar-refractivity contribution in [2.45, 2.75) is 0 Å². The van der Waals surface area contributed by atoms with Crippen molar-refractivity contribution < 1.29 is 9.18 Å². The lowest BCUT2D eigenvalue weighted by Gasteiger charge is -2.05. The highest BCUT2D eigenvalue weighted by atomic mass is 35.5. The first-order valence-electron chi connectivity index (χ1n) is 5.58. The summed E-state index contributed by atoms with van der Waals surface area (Å²) >= 11 is 6.74. The molecule has 1 amide bonds. The summed E-state index contributed by atoms with van der Waals surface area (Å²) in [6, 6.07) is 4.02. The van der Waals surface area contributed by atoms with Crippen molar-refractivity contribution in [1.82, 2.24) is 4.98 Å². The van der Waals surface area contributed by atoms with Crippen LogP contribution in [0, 0.1) is 5.82 Å². The number of carbonyl (C=O) groups excluding carboxylic acids is 1. The summed E-state index contributed by atoms with van der Waals surface area (Å²) in [7, 11) is 3.60. The number of benzene rings is 1. The van der Waals surface area contributed by atoms with E-state index in [1.807, 2.05) is 0 Å². The molecule has 0 atom stereocenters. The predicted molar refractivity (Wildman–Crippen MR) is 80.2 cm³/mol. The molecule has 0 unspecified atom stereocenters. The van der Waals surface area contributed by atoms with Crippen molar-refractivity contribution in [3.8, 4) is 0 Å². The second-order valence-corrected chi connectivity index (χ2v) is 5.57. The molecule has 2 aromatic rings. The Morgan fingerprint density at radius 2 is 2.20 bits per heavy atom. The Morgan fingerprint density at radius 3 is 2.75 bits per heavy atom. The number of nitrogens with two attached hydrogens (primary N) is 1. The Balaban J connectivity index is 2.21. The summed E-state index contributed by atoms with van der Waals surface area (Å²) in [5.74, 6) is -0.892. The SMILES string of the molecule is CN(C)c1nc(N)c(C(=O)Nc2ccc(Cl)c(F)c2)s1. The van der Waals surface area contributed by atoms with E-state index in [2.05, 4.69) is 10.3 Å². The van der Waals surface area contributed by atoms with Crippen LogP contribution >= 0.6 is 22.9 Å². The van der Waals surface area contributed by atoms with Gasteiger partial charge in [0.15, 0.2) is 5.13 Å². The average molecular weight is 315 g/mol. The fourth-order valence-corrected chi connectivity index (χ4v) is 2.36. The standard InChI is InChI=1S/C12H12ClFN4OS/c1-18(2)12-17-10(15)9(20-12)11(19)16-6-3-4-7(13)8(14)5-6/h3-5H,15H2,1-2H3,(H,16,19). The number of anilines is 3. The lowest BCUT2D eigenvalue weighted by atomic mass is 10.3. The molecule has 0 bridgehead atoms. The molecular formula is C12H12ClFN4OS. The number of aromatic nitrogens is 1. The van der Waals surface area contributed by atoms with E-state index in [1.54, 1.807) is 19.0 Å². The molecular weight excluding hydrogens is 303 g/mol. The molecule has 0 aliphatic heterocycles. The van der Waals surface area contributed by atoms with Crippen LogP contribution in [0.1, 0.15) is 9.67 Å². The van der Waals surface area contributed by atoms with Crippen LogP contribution in [0.4, 0.5) is 21.0 Å². The van der Waals surface area contributed by atoms with Gasteiger partial charge in [0.1, 0.15) is 16.5 Å². The highest BCUT2D eigenvalue weighted by Gasteiger charge is 2.17. The normalized spacial score (nSPS) is 10.4. The summed E-state index contributed by atoms with van der Waals surface area (Å²) in [4.78, 5) is 18.2. The van der Waals surface area contributed by atoms with Crippen molar-refractivity contribution in [2.75, 3.05) is 30.0 Å². The molecule has 1 aromatic heterocycles. The fraction of sp³-hybridized carbons (Fsp3) is 0.167. The fourth-order valence-electron chi connectivity index (χ4n) is 1.44. The van der Waals surface area contributed by atoms with Crippen molar-refractivity contribution in [2.24, 2.45) is 0 Å². The van der Waals surface area contributed by atoms with Gasteiger partial charge in [-0.25, -0.2) is 9.37 Å². The Morgan fingerprint density at radius 1 is 1.50 bits per heavy atom. The topological polar surface area (TPSA) is 71.2 Å². The van der Waals surface area contributed by atoms with Crippen molar-refractivity contribution >= 4 is 45.5 Å². The second-order valence-electron chi connectivity index (χ2n) is 4.19. The zero-order valence-corrected chi connectivity index (χ0v) is 12.3. The van der Waals surface area contributed by atoms with Gasteiger partial charge in [-0.15, -0.1) is 0 Å². The number of hydrogen-bond acceptors (Lipinski definition) is 5. The molecule has 8 heteroatoms. The van der Waals surface area contributed by atoms with Gasteiger partial charge in [-0.05, 0) is 18.2 Å². The number of thiazole rings is 1. The van der Waals surface area contributed by atoms with Gasteiger partial charge in [0, 0.05) is 19.8 Å². The third kappa shape index (κ3) is 3.00. The van der Waals surface area contributed by atoms with E-state index >= 15 is 0 Å². The van der Waals surface area contributed by atoms with Crippen LogP contribution in [-0.4, -0.2) is 25.0 Å². The third-order valence-corrected chi connectivity index (χ3v) is 3.95. The Hall–Kier alpha value is -1.86. The summed E-state index contributed by atoms with van der Waals surface area (Å²) in [5.41, 5.74) is 6.01. The van der Waals surface area contributed by atoms with Crippen molar-refractivity contribution in [3.05, 3.63) is 33.9 Å². The first-order chi connectivity index (χ1) is 9.38. The summed E-state index contributed by atoms with van der Waals surface area (Å²) in [6.45, 7) is 0. The largest absolute Gasteiger partial charge is 0.382 e. The summed E-state index contributed by atoms with van der Waals surface area (Å²) < 4.78 is 13.3. The van der Waals surface area contributed by atoms with E-state index in [-0.39, 0.29) is 15.7 Å². The molecule has 0 saturated carbocycles. The highest BCUT2D eigenvalue weighted by Crippen LogP contribution is 2.28. The van der Waals surface area contributed by atoms with E-state index < -0.39 is 11.7 Å². The number of halogens is 2. The smallest absolute Gasteiger partial charge is 0.269 e. The van der Waals surface area contributed by atoms with E-state index in [0.29, 0.717) is 10.8 Å². The first kappa shape index (κ1) is 14.5. The van der Waals surface area contributed by atoms with Gasteiger partial charge in [0.25, 0.3) is 5.91 Å². The van der Waals surface area contributed by atoms with Gasteiger partial charge in [-0.1, -0.05) is 22.9 Å². The minimum atomic E-state index is -0.601. The van der Waals surface area contributed by atoms with E-state index in [9.17, 15) is 9.18 Å². The number of nitrogens with one attached hydrogen (secondary N) is 1. The van der Waals surface area contributed by atoms with E-state index in [1.165, 1.54) is 12.1 Å². The molecule has 0 spiro atoms. The average Bonchev–Trinajstić information content (AvgIpc) is 2.76. The van der Waals surface area contributed by atoms with Crippen LogP contribution < -0.4 is 16.0 Å². The maximum Gasteiger partial charge on any atom is 0.269 e. The van der Waals surface area contributed by atoms with Gasteiger partial charge in [-0.3, -0.25) is 4.79 Å². The number of carbonyl (C=O) groups is 1. The molecule has 1 aromatic carbocycles. The summed E-state index contributed by atoms with van der Waals surface area (Å²) in [5, 5.41) is 3.17. The van der Waals surface area contributed by atoms with E-state index in [4.69, 9.17) is 17.3 Å². The maximum atomic E-state index is 13.3. The molecule has 0 saturated heterocycles. The van der Waals surface area contributed by atoms with Crippen molar-refractivity contribution in [3.63, 3.8) is 0 Å². The van der Waals surface area contributed by atoms with Gasteiger partial charge < -0.3 is 16.0 Å². The molecule has 3 N–H and O–H groups in total. The molecule has 106 valence electrons. The maximum absolute atomic E-state index is 13.3. The van der Waals surface area contributed by atoms with Crippen molar-refractivity contribution in [1.29, 1.82) is 0 Å². The molecule has 20 heavy (non-hydrogen) atoms. The summed E-state index contributed by atoms with van der Waals surface area (Å²) in [6.07, 6.45) is 0. The second kappa shape index (κ2) is 5.64. The van der Waals surface area contributed by atoms with Gasteiger partial charge in [0.2, 0.25) is 0 Å². The zero-order chi connectivity index (χ0) is 14.9. The Labute approximate surface area is 124 Å². The third-order valence-electron chi connectivity index (χ3n) is 2.41. The molecule has 0 radical (unpaired) electrons. The van der Waals surface area contributed by atoms with Crippen LogP contribution in [-0.2, 0) is 0 Å². The van der Waals surface area contributed by atoms with Crippen LogP contribution in [0.2, 0.25) is 5.02 Å². The monoisotopic (exact) mass is 314 g/mol. The molecule has 0 fully saturated rings. The van der Waals surface area contributed by atoms with Gasteiger partial charge in [0.05, 0.1) is 5.02 Å². The minimum absolute atomic E-state index is 0.00445. The van der Waals surface area contributed by atoms with E-state index in [0.717, 1.165) is 17.4 Å². The van der Waals surface area contributed by atoms with Gasteiger partial charge >= 0.3 is 0 Å². The Bertz CT molecular complexity index is 659. The number of amides is 1. The van der Waals surface area contributed by atoms with Crippen LogP contribution in [0.5, 0.6) is 0 Å². The molecule has 0 aliphatic rings. The lowest BCUT2D eigenvalue weighted by molar-refractivity contribution is 0.103.